The van der Waals surface area contributed by atoms with E-state index >= 15 is 0 Å². The van der Waals surface area contributed by atoms with Gasteiger partial charge >= 0.3 is 0 Å². The number of ether oxygens (including phenoxy) is 1. The van der Waals surface area contributed by atoms with Gasteiger partial charge in [0, 0.05) is 11.8 Å². The lowest BCUT2D eigenvalue weighted by atomic mass is 10.0. The van der Waals surface area contributed by atoms with E-state index in [1.54, 1.807) is 14.0 Å². The molecule has 6 heteroatoms. The van der Waals surface area contributed by atoms with Gasteiger partial charge in [0.2, 0.25) is 0 Å². The maximum atomic E-state index is 11.6. The number of nitrogens with one attached hydrogen (secondary N) is 1. The molecular weight excluding hydrogens is 354 g/mol. The van der Waals surface area contributed by atoms with Crippen molar-refractivity contribution in [1.29, 1.82) is 0 Å². The van der Waals surface area contributed by atoms with Crippen molar-refractivity contribution >= 4 is 25.8 Å². The van der Waals surface area contributed by atoms with Crippen LogP contribution in [0.4, 0.5) is 0 Å². The fourth-order valence-electron chi connectivity index (χ4n) is 2.18. The highest BCUT2D eigenvalue weighted by Crippen LogP contribution is 2.29. The van der Waals surface area contributed by atoms with E-state index in [-0.39, 0.29) is 17.5 Å². The predicted molar refractivity (Wildman–Crippen MR) is 90.7 cm³/mol. The van der Waals surface area contributed by atoms with Gasteiger partial charge in [-0.15, -0.1) is 0 Å². The first kappa shape index (κ1) is 18.5. The Hall–Kier alpha value is -0.590. The lowest BCUT2D eigenvalue weighted by Gasteiger charge is -2.19. The molecule has 0 saturated heterocycles. The van der Waals surface area contributed by atoms with Crippen LogP contribution in [0.3, 0.4) is 0 Å². The van der Waals surface area contributed by atoms with Crippen LogP contribution >= 0.6 is 15.9 Å². The normalized spacial score (nSPS) is 13.1. The smallest absolute Gasteiger partial charge is 0.150 e. The van der Waals surface area contributed by atoms with E-state index < -0.39 is 9.84 Å². The monoisotopic (exact) mass is 377 g/mol. The first-order valence-electron chi connectivity index (χ1n) is 7.20. The Bertz CT molecular complexity index is 546. The van der Waals surface area contributed by atoms with Gasteiger partial charge in [0.05, 0.1) is 17.3 Å². The zero-order chi connectivity index (χ0) is 15.9. The van der Waals surface area contributed by atoms with Crippen molar-refractivity contribution in [3.05, 3.63) is 28.2 Å². The van der Waals surface area contributed by atoms with E-state index in [1.807, 2.05) is 25.1 Å². The van der Waals surface area contributed by atoms with Crippen molar-refractivity contribution in [2.75, 3.05) is 25.2 Å². The molecule has 0 aliphatic heterocycles. The SMILES string of the molecule is CCNC(CCCS(=O)(=O)CC)c1ccc(OC)c(Br)c1. The molecule has 0 amide bonds. The molecule has 1 unspecified atom stereocenters. The van der Waals surface area contributed by atoms with E-state index in [0.29, 0.717) is 6.42 Å². The van der Waals surface area contributed by atoms with Gasteiger partial charge in [0.1, 0.15) is 15.6 Å². The van der Waals surface area contributed by atoms with E-state index in [9.17, 15) is 8.42 Å². The molecule has 0 bridgehead atoms. The molecule has 0 spiro atoms. The molecule has 0 fully saturated rings. The molecule has 1 aromatic rings. The minimum absolute atomic E-state index is 0.157. The molecule has 21 heavy (non-hydrogen) atoms. The van der Waals surface area contributed by atoms with Gasteiger partial charge in [-0.3, -0.25) is 0 Å². The predicted octanol–water partition coefficient (Wildman–Crippen LogP) is 3.32. The lowest BCUT2D eigenvalue weighted by molar-refractivity contribution is 0.411. The highest BCUT2D eigenvalue weighted by molar-refractivity contribution is 9.10. The summed E-state index contributed by atoms with van der Waals surface area (Å²) < 4.78 is 29.3. The van der Waals surface area contributed by atoms with Crippen molar-refractivity contribution < 1.29 is 13.2 Å². The molecule has 4 nitrogen and oxygen atoms in total. The van der Waals surface area contributed by atoms with Gasteiger partial charge < -0.3 is 10.1 Å². The molecule has 1 rings (SSSR count). The minimum atomic E-state index is -2.89. The molecule has 1 atom stereocenters. The number of hydrogen-bond donors (Lipinski definition) is 1. The van der Waals surface area contributed by atoms with Gasteiger partial charge in [0.25, 0.3) is 0 Å². The summed E-state index contributed by atoms with van der Waals surface area (Å²) in [4.78, 5) is 0. The van der Waals surface area contributed by atoms with Crippen molar-refractivity contribution in [2.45, 2.75) is 32.7 Å². The van der Waals surface area contributed by atoms with Gasteiger partial charge in [-0.25, -0.2) is 8.42 Å². The molecule has 120 valence electrons. The molecule has 0 saturated carbocycles. The van der Waals surface area contributed by atoms with Crippen LogP contribution in [0.25, 0.3) is 0 Å². The van der Waals surface area contributed by atoms with Crippen LogP contribution in [0, 0.1) is 0 Å². The topological polar surface area (TPSA) is 55.4 Å². The molecule has 0 radical (unpaired) electrons. The molecule has 0 heterocycles. The van der Waals surface area contributed by atoms with Crippen LogP contribution in [-0.4, -0.2) is 33.6 Å². The average Bonchev–Trinajstić information content (AvgIpc) is 2.46. The molecule has 1 N–H and O–H groups in total. The van der Waals surface area contributed by atoms with E-state index in [4.69, 9.17) is 4.74 Å². The number of sulfone groups is 1. The van der Waals surface area contributed by atoms with Crippen LogP contribution in [0.1, 0.15) is 38.3 Å². The molecule has 0 aliphatic carbocycles. The summed E-state index contributed by atoms with van der Waals surface area (Å²) in [5.41, 5.74) is 1.14. The first-order valence-corrected chi connectivity index (χ1v) is 9.82. The quantitative estimate of drug-likeness (QED) is 0.716. The standard InChI is InChI=1S/C15H24BrNO3S/c1-4-17-14(7-6-10-21(18,19)5-2)12-8-9-15(20-3)13(16)11-12/h8-9,11,14,17H,4-7,10H2,1-3H3. The largest absolute Gasteiger partial charge is 0.496 e. The Kier molecular flexibility index (Phi) is 7.70. The van der Waals surface area contributed by atoms with Gasteiger partial charge in [0.15, 0.2) is 0 Å². The Morgan fingerprint density at radius 1 is 1.33 bits per heavy atom. The second-order valence-corrected chi connectivity index (χ2v) is 8.21. The summed E-state index contributed by atoms with van der Waals surface area (Å²) in [7, 11) is -1.25. The number of rotatable bonds is 9. The highest BCUT2D eigenvalue weighted by atomic mass is 79.9. The van der Waals surface area contributed by atoms with Crippen LogP contribution in [0.2, 0.25) is 0 Å². The maximum absolute atomic E-state index is 11.6. The summed E-state index contributed by atoms with van der Waals surface area (Å²) in [6.45, 7) is 4.58. The molecular formula is C15H24BrNO3S. The van der Waals surface area contributed by atoms with E-state index in [0.717, 1.165) is 28.8 Å². The summed E-state index contributed by atoms with van der Waals surface area (Å²) >= 11 is 3.49. The Morgan fingerprint density at radius 3 is 2.57 bits per heavy atom. The zero-order valence-corrected chi connectivity index (χ0v) is 15.3. The summed E-state index contributed by atoms with van der Waals surface area (Å²) in [5, 5.41) is 3.41. The average molecular weight is 378 g/mol. The van der Waals surface area contributed by atoms with E-state index in [1.165, 1.54) is 0 Å². The first-order chi connectivity index (χ1) is 9.93. The Balaban J connectivity index is 2.75. The molecule has 0 aliphatic rings. The maximum Gasteiger partial charge on any atom is 0.150 e. The van der Waals surface area contributed by atoms with Gasteiger partial charge in [-0.05, 0) is 53.0 Å². The zero-order valence-electron chi connectivity index (χ0n) is 12.9. The van der Waals surface area contributed by atoms with Crippen LogP contribution in [0.15, 0.2) is 22.7 Å². The number of halogens is 1. The van der Waals surface area contributed by atoms with Crippen molar-refractivity contribution in [1.82, 2.24) is 5.32 Å². The third-order valence-electron chi connectivity index (χ3n) is 3.42. The summed E-state index contributed by atoms with van der Waals surface area (Å²) in [6, 6.07) is 6.13. The number of methoxy groups -OCH3 is 1. The van der Waals surface area contributed by atoms with Crippen molar-refractivity contribution in [2.24, 2.45) is 0 Å². The second kappa shape index (κ2) is 8.76. The Morgan fingerprint density at radius 2 is 2.05 bits per heavy atom. The van der Waals surface area contributed by atoms with E-state index in [2.05, 4.69) is 21.2 Å². The van der Waals surface area contributed by atoms with Crippen molar-refractivity contribution in [3.8, 4) is 5.75 Å². The highest BCUT2D eigenvalue weighted by Gasteiger charge is 2.14. The molecule has 1 aromatic carbocycles. The third kappa shape index (κ3) is 5.96. The second-order valence-electron chi connectivity index (χ2n) is 4.88. The third-order valence-corrected chi connectivity index (χ3v) is 5.83. The van der Waals surface area contributed by atoms with Crippen LogP contribution in [-0.2, 0) is 9.84 Å². The number of benzene rings is 1. The minimum Gasteiger partial charge on any atom is -0.496 e. The number of hydrogen-bond acceptors (Lipinski definition) is 4. The fourth-order valence-corrected chi connectivity index (χ4v) is 3.64. The van der Waals surface area contributed by atoms with Gasteiger partial charge in [-0.1, -0.05) is 19.9 Å². The van der Waals surface area contributed by atoms with Crippen LogP contribution < -0.4 is 10.1 Å². The molecule has 0 aromatic heterocycles. The van der Waals surface area contributed by atoms with Crippen LogP contribution in [0.5, 0.6) is 5.75 Å². The lowest BCUT2D eigenvalue weighted by Crippen LogP contribution is -2.22. The van der Waals surface area contributed by atoms with Gasteiger partial charge in [-0.2, -0.15) is 0 Å². The summed E-state index contributed by atoms with van der Waals surface area (Å²) in [5.74, 6) is 1.26. The fraction of sp³-hybridized carbons (Fsp3) is 0.600. The Labute approximate surface area is 136 Å². The summed E-state index contributed by atoms with van der Waals surface area (Å²) in [6.07, 6.45) is 1.46. The van der Waals surface area contributed by atoms with Crippen molar-refractivity contribution in [3.63, 3.8) is 0 Å².